The average Bonchev–Trinajstić information content (AvgIpc) is 3.20. The molecule has 8 heteroatoms. The number of hydrogen-bond acceptors (Lipinski definition) is 7. The van der Waals surface area contributed by atoms with Crippen molar-refractivity contribution in [3.05, 3.63) is 50.9 Å². The van der Waals surface area contributed by atoms with Gasteiger partial charge in [-0.1, -0.05) is 32.0 Å². The number of aryl methyl sites for hydroxylation is 2. The molecule has 1 aromatic carbocycles. The van der Waals surface area contributed by atoms with Gasteiger partial charge >= 0.3 is 0 Å². The minimum Gasteiger partial charge on any atom is -0.389 e. The van der Waals surface area contributed by atoms with E-state index in [2.05, 4.69) is 55.8 Å². The van der Waals surface area contributed by atoms with Crippen LogP contribution < -0.4 is 5.56 Å². The van der Waals surface area contributed by atoms with Crippen LogP contribution in [-0.4, -0.2) is 66.1 Å². The second-order valence-corrected chi connectivity index (χ2v) is 10.2. The summed E-state index contributed by atoms with van der Waals surface area (Å²) in [5, 5.41) is 13.1. The lowest BCUT2D eigenvalue weighted by molar-refractivity contribution is 0.00544. The third-order valence-corrected chi connectivity index (χ3v) is 6.61. The third-order valence-electron chi connectivity index (χ3n) is 5.74. The van der Waals surface area contributed by atoms with Gasteiger partial charge in [0, 0.05) is 44.4 Å². The third kappa shape index (κ3) is 7.20. The van der Waals surface area contributed by atoms with Crippen molar-refractivity contribution in [3.8, 4) is 11.1 Å². The van der Waals surface area contributed by atoms with E-state index in [-0.39, 0.29) is 12.2 Å². The first-order valence-corrected chi connectivity index (χ1v) is 12.7. The second kappa shape index (κ2) is 12.6. The molecule has 3 aromatic rings. The molecule has 0 radical (unpaired) electrons. The van der Waals surface area contributed by atoms with Crippen LogP contribution in [0.15, 0.2) is 28.4 Å². The van der Waals surface area contributed by atoms with Crippen LogP contribution in [0.3, 0.4) is 0 Å². The average molecular weight is 488 g/mol. The Kier molecular flexibility index (Phi) is 9.79. The van der Waals surface area contributed by atoms with E-state index in [4.69, 9.17) is 14.5 Å². The molecule has 0 spiro atoms. The van der Waals surface area contributed by atoms with E-state index in [9.17, 15) is 9.90 Å². The number of nitrogens with one attached hydrogen (secondary N) is 1. The molecule has 2 heterocycles. The van der Waals surface area contributed by atoms with Gasteiger partial charge in [-0.25, -0.2) is 4.98 Å². The number of nitrogens with zero attached hydrogens (tertiary/aromatic N) is 2. The fourth-order valence-electron chi connectivity index (χ4n) is 3.86. The van der Waals surface area contributed by atoms with Gasteiger partial charge in [0.2, 0.25) is 0 Å². The molecular formula is C26H37N3O4S. The number of ether oxygens (including phenoxy) is 2. The van der Waals surface area contributed by atoms with Crippen molar-refractivity contribution >= 4 is 21.6 Å². The van der Waals surface area contributed by atoms with Crippen molar-refractivity contribution in [1.29, 1.82) is 0 Å². The van der Waals surface area contributed by atoms with Crippen LogP contribution in [-0.2, 0) is 16.0 Å². The molecule has 7 nitrogen and oxygen atoms in total. The lowest BCUT2D eigenvalue weighted by Crippen LogP contribution is -2.36. The molecule has 0 bridgehead atoms. The fraction of sp³-hybridized carbons (Fsp3) is 0.538. The molecule has 2 N–H and O–H groups in total. The Balaban J connectivity index is 1.78. The molecule has 0 saturated carbocycles. The number of thiophene rings is 1. The Hall–Kier alpha value is -2.10. The summed E-state index contributed by atoms with van der Waals surface area (Å²) in [7, 11) is 1.68. The molecular weight excluding hydrogens is 450 g/mol. The van der Waals surface area contributed by atoms with Crippen molar-refractivity contribution in [3.63, 3.8) is 0 Å². The van der Waals surface area contributed by atoms with E-state index in [0.29, 0.717) is 43.4 Å². The minimum atomic E-state index is -0.616. The largest absolute Gasteiger partial charge is 0.389 e. The smallest absolute Gasteiger partial charge is 0.260 e. The van der Waals surface area contributed by atoms with Crippen molar-refractivity contribution in [1.82, 2.24) is 14.9 Å². The van der Waals surface area contributed by atoms with Gasteiger partial charge in [0.15, 0.2) is 0 Å². The standard InChI is InChI=1S/C26H37N3O4S/c1-17(2)14-33-15-21(30)12-29(9-6-10-32-5)13-23-27-25(31)24-22(16-34-26(24)28-23)20-8-7-18(3)19(4)11-20/h7-8,11,16-17,21,30H,6,9-10,12-15H2,1-5H3,(H,27,28,31)/t21-/m1/s1. The first kappa shape index (κ1) is 26.5. The summed E-state index contributed by atoms with van der Waals surface area (Å²) in [6, 6.07) is 6.25. The molecule has 0 aliphatic heterocycles. The zero-order valence-corrected chi connectivity index (χ0v) is 21.7. The molecule has 0 saturated heterocycles. The van der Waals surface area contributed by atoms with Crippen LogP contribution >= 0.6 is 11.3 Å². The molecule has 34 heavy (non-hydrogen) atoms. The van der Waals surface area contributed by atoms with E-state index in [1.165, 1.54) is 22.5 Å². The van der Waals surface area contributed by atoms with Gasteiger partial charge in [-0.3, -0.25) is 9.69 Å². The molecule has 3 rings (SSSR count). The summed E-state index contributed by atoms with van der Waals surface area (Å²) in [6.07, 6.45) is 0.202. The molecule has 0 fully saturated rings. The number of hydrogen-bond donors (Lipinski definition) is 2. The Morgan fingerprint density at radius 3 is 2.71 bits per heavy atom. The molecule has 186 valence electrons. The van der Waals surface area contributed by atoms with E-state index in [0.717, 1.165) is 28.9 Å². The highest BCUT2D eigenvalue weighted by Gasteiger charge is 2.17. The molecule has 0 amide bonds. The van der Waals surface area contributed by atoms with E-state index in [1.54, 1.807) is 7.11 Å². The maximum absolute atomic E-state index is 13.1. The predicted molar refractivity (Wildman–Crippen MR) is 139 cm³/mol. The first-order valence-electron chi connectivity index (χ1n) is 11.8. The van der Waals surface area contributed by atoms with Gasteiger partial charge in [-0.2, -0.15) is 0 Å². The Labute approximate surface area is 205 Å². The molecule has 0 unspecified atom stereocenters. The zero-order valence-electron chi connectivity index (χ0n) is 20.9. The number of benzene rings is 1. The lowest BCUT2D eigenvalue weighted by atomic mass is 10.0. The number of fused-ring (bicyclic) bond motifs is 1. The van der Waals surface area contributed by atoms with Gasteiger partial charge in [0.05, 0.1) is 24.6 Å². The number of aliphatic hydroxyl groups is 1. The van der Waals surface area contributed by atoms with Gasteiger partial charge in [-0.15, -0.1) is 11.3 Å². The SMILES string of the molecule is COCCCN(Cc1nc2scc(-c3ccc(C)c(C)c3)c2c(=O)[nH]1)C[C@@H](O)COCC(C)C. The summed E-state index contributed by atoms with van der Waals surface area (Å²) in [5.41, 5.74) is 4.23. The summed E-state index contributed by atoms with van der Waals surface area (Å²) < 4.78 is 10.8. The summed E-state index contributed by atoms with van der Waals surface area (Å²) in [4.78, 5) is 23.6. The van der Waals surface area contributed by atoms with Gasteiger partial charge in [0.1, 0.15) is 10.7 Å². The summed E-state index contributed by atoms with van der Waals surface area (Å²) in [5.74, 6) is 1.02. The van der Waals surface area contributed by atoms with Gasteiger partial charge in [-0.05, 0) is 42.9 Å². The summed E-state index contributed by atoms with van der Waals surface area (Å²) >= 11 is 1.48. The highest BCUT2D eigenvalue weighted by atomic mass is 32.1. The zero-order chi connectivity index (χ0) is 24.7. The van der Waals surface area contributed by atoms with E-state index >= 15 is 0 Å². The van der Waals surface area contributed by atoms with Crippen LogP contribution in [0.25, 0.3) is 21.3 Å². The highest BCUT2D eigenvalue weighted by molar-refractivity contribution is 7.17. The van der Waals surface area contributed by atoms with Crippen molar-refractivity contribution < 1.29 is 14.6 Å². The first-order chi connectivity index (χ1) is 16.3. The molecule has 0 aliphatic carbocycles. The predicted octanol–water partition coefficient (Wildman–Crippen LogP) is 4.14. The minimum absolute atomic E-state index is 0.132. The summed E-state index contributed by atoms with van der Waals surface area (Å²) in [6.45, 7) is 11.4. The molecule has 1 atom stereocenters. The van der Waals surface area contributed by atoms with Crippen LogP contribution in [0.4, 0.5) is 0 Å². The number of aliphatic hydroxyl groups excluding tert-OH is 1. The van der Waals surface area contributed by atoms with Gasteiger partial charge in [0.25, 0.3) is 5.56 Å². The maximum Gasteiger partial charge on any atom is 0.260 e. The van der Waals surface area contributed by atoms with Crippen LogP contribution in [0, 0.1) is 19.8 Å². The topological polar surface area (TPSA) is 87.7 Å². The quantitative estimate of drug-likeness (QED) is 0.352. The molecule has 0 aliphatic rings. The number of aromatic nitrogens is 2. The van der Waals surface area contributed by atoms with Crippen LogP contribution in [0.5, 0.6) is 0 Å². The highest BCUT2D eigenvalue weighted by Crippen LogP contribution is 2.31. The number of methoxy groups -OCH3 is 1. The Morgan fingerprint density at radius 2 is 2.00 bits per heavy atom. The van der Waals surface area contributed by atoms with Crippen molar-refractivity contribution in [2.24, 2.45) is 5.92 Å². The number of aromatic amines is 1. The van der Waals surface area contributed by atoms with Crippen LogP contribution in [0.1, 0.15) is 37.2 Å². The van der Waals surface area contributed by atoms with E-state index < -0.39 is 6.10 Å². The Morgan fingerprint density at radius 1 is 1.21 bits per heavy atom. The van der Waals surface area contributed by atoms with Gasteiger partial charge < -0.3 is 19.6 Å². The Bertz CT molecular complexity index is 1120. The van der Waals surface area contributed by atoms with Crippen molar-refractivity contribution in [2.45, 2.75) is 46.8 Å². The maximum atomic E-state index is 13.1. The van der Waals surface area contributed by atoms with Crippen molar-refractivity contribution in [2.75, 3.05) is 40.0 Å². The second-order valence-electron chi connectivity index (χ2n) is 9.31. The van der Waals surface area contributed by atoms with Crippen LogP contribution in [0.2, 0.25) is 0 Å². The lowest BCUT2D eigenvalue weighted by Gasteiger charge is -2.24. The number of rotatable bonds is 13. The number of H-pyrrole nitrogens is 1. The molecule has 2 aromatic heterocycles. The monoisotopic (exact) mass is 487 g/mol. The normalized spacial score (nSPS) is 12.8. The fourth-order valence-corrected chi connectivity index (χ4v) is 4.83. The van der Waals surface area contributed by atoms with E-state index in [1.807, 2.05) is 5.38 Å².